The molecule has 2 aromatic heterocycles. The van der Waals surface area contributed by atoms with Crippen LogP contribution in [0.1, 0.15) is 5.56 Å². The van der Waals surface area contributed by atoms with Crippen molar-refractivity contribution in [2.45, 2.75) is 4.21 Å². The predicted molar refractivity (Wildman–Crippen MR) is 98.7 cm³/mol. The quantitative estimate of drug-likeness (QED) is 0.693. The van der Waals surface area contributed by atoms with Crippen molar-refractivity contribution in [3.05, 3.63) is 59.7 Å². The van der Waals surface area contributed by atoms with Crippen LogP contribution in [0.25, 0.3) is 11.1 Å². The summed E-state index contributed by atoms with van der Waals surface area (Å²) in [5.74, 6) is 0.482. The second-order valence-electron chi connectivity index (χ2n) is 5.58. The average molecular weight is 383 g/mol. The number of thiophene rings is 1. The molecule has 0 saturated carbocycles. The molecule has 0 unspecified atom stereocenters. The molecule has 0 saturated heterocycles. The number of rotatable bonds is 3. The van der Waals surface area contributed by atoms with Gasteiger partial charge in [-0.15, -0.1) is 11.3 Å². The molecule has 0 bridgehead atoms. The first-order valence-corrected chi connectivity index (χ1v) is 10.1. The van der Waals surface area contributed by atoms with Crippen molar-refractivity contribution in [1.82, 2.24) is 4.98 Å². The molecule has 0 amide bonds. The van der Waals surface area contributed by atoms with E-state index in [9.17, 15) is 8.42 Å². The lowest BCUT2D eigenvalue weighted by Gasteiger charge is -2.30. The zero-order chi connectivity index (χ0) is 18.1. The molecule has 6 nitrogen and oxygen atoms in total. The number of sulfonamides is 1. The molecule has 3 aromatic rings. The van der Waals surface area contributed by atoms with Crippen molar-refractivity contribution in [3.63, 3.8) is 0 Å². The van der Waals surface area contributed by atoms with E-state index in [1.54, 1.807) is 48.0 Å². The summed E-state index contributed by atoms with van der Waals surface area (Å²) in [6.45, 7) is 0.483. The monoisotopic (exact) mass is 383 g/mol. The molecule has 0 fully saturated rings. The summed E-state index contributed by atoms with van der Waals surface area (Å²) in [6.07, 6.45) is 3.15. The largest absolute Gasteiger partial charge is 0.489 e. The van der Waals surface area contributed by atoms with Gasteiger partial charge >= 0.3 is 0 Å². The lowest BCUT2D eigenvalue weighted by Crippen LogP contribution is -2.37. The van der Waals surface area contributed by atoms with Crippen molar-refractivity contribution >= 4 is 27.0 Å². The van der Waals surface area contributed by atoms with Crippen molar-refractivity contribution in [3.8, 4) is 22.9 Å². The van der Waals surface area contributed by atoms with E-state index in [0.29, 0.717) is 22.6 Å². The molecule has 1 aliphatic rings. The number of aromatic nitrogens is 1. The fraction of sp³-hybridized carbons (Fsp3) is 0.111. The summed E-state index contributed by atoms with van der Waals surface area (Å²) in [7, 11) is -3.65. The molecule has 4 rings (SSSR count). The normalized spacial score (nSPS) is 13.6. The second kappa shape index (κ2) is 6.44. The lowest BCUT2D eigenvalue weighted by molar-refractivity contribution is 0.316. The van der Waals surface area contributed by atoms with Crippen molar-refractivity contribution < 1.29 is 13.2 Å². The average Bonchev–Trinajstić information content (AvgIpc) is 3.23. The van der Waals surface area contributed by atoms with Crippen LogP contribution in [0.2, 0.25) is 0 Å². The summed E-state index contributed by atoms with van der Waals surface area (Å²) < 4.78 is 33.4. The van der Waals surface area contributed by atoms with Crippen molar-refractivity contribution in [1.29, 1.82) is 5.26 Å². The standard InChI is InChI=1S/C18H13N3O3S2/c19-10-13-3-5-14(6-4-13)15-11-20-12-16-18(15)24-8-7-21(16)26(22,23)17-2-1-9-25-17/h1-6,9,11-12H,7-8H2. The highest BCUT2D eigenvalue weighted by Crippen LogP contribution is 2.42. The molecule has 0 spiro atoms. The molecule has 0 N–H and O–H groups in total. The van der Waals surface area contributed by atoms with Crippen LogP contribution in [0.4, 0.5) is 5.69 Å². The van der Waals surface area contributed by atoms with Gasteiger partial charge in [-0.05, 0) is 29.1 Å². The van der Waals surface area contributed by atoms with Gasteiger partial charge in [-0.2, -0.15) is 5.26 Å². The van der Waals surface area contributed by atoms with Gasteiger partial charge in [0.2, 0.25) is 0 Å². The number of nitriles is 1. The summed E-state index contributed by atoms with van der Waals surface area (Å²) in [6, 6.07) is 12.4. The van der Waals surface area contributed by atoms with Crippen LogP contribution in [-0.2, 0) is 10.0 Å². The summed E-state index contributed by atoms with van der Waals surface area (Å²) in [5.41, 5.74) is 2.47. The van der Waals surface area contributed by atoms with Gasteiger partial charge in [-0.3, -0.25) is 9.29 Å². The van der Waals surface area contributed by atoms with Gasteiger partial charge in [-0.1, -0.05) is 18.2 Å². The maximum absolute atomic E-state index is 13.0. The van der Waals surface area contributed by atoms with E-state index in [4.69, 9.17) is 10.00 Å². The highest BCUT2D eigenvalue weighted by Gasteiger charge is 2.32. The second-order valence-corrected chi connectivity index (χ2v) is 8.62. The maximum Gasteiger partial charge on any atom is 0.274 e. The van der Waals surface area contributed by atoms with E-state index in [1.807, 2.05) is 0 Å². The predicted octanol–water partition coefficient (Wildman–Crippen LogP) is 3.27. The van der Waals surface area contributed by atoms with Gasteiger partial charge in [0.05, 0.1) is 24.4 Å². The molecular weight excluding hydrogens is 370 g/mol. The fourth-order valence-electron chi connectivity index (χ4n) is 2.82. The van der Waals surface area contributed by atoms with Gasteiger partial charge in [0, 0.05) is 11.8 Å². The molecule has 26 heavy (non-hydrogen) atoms. The lowest BCUT2D eigenvalue weighted by atomic mass is 10.0. The molecular formula is C18H13N3O3S2. The van der Waals surface area contributed by atoms with E-state index in [-0.39, 0.29) is 17.4 Å². The Hall–Kier alpha value is -2.89. The summed E-state index contributed by atoms with van der Waals surface area (Å²) in [4.78, 5) is 4.21. The molecule has 1 aliphatic heterocycles. The first kappa shape index (κ1) is 16.6. The molecule has 3 heterocycles. The Morgan fingerprint density at radius 2 is 2.00 bits per heavy atom. The fourth-order valence-corrected chi connectivity index (χ4v) is 5.36. The Labute approximate surface area is 155 Å². The van der Waals surface area contributed by atoms with Gasteiger partial charge in [-0.25, -0.2) is 8.42 Å². The first-order chi connectivity index (χ1) is 12.6. The SMILES string of the molecule is N#Cc1ccc(-c2cncc3c2OCCN3S(=O)(=O)c2cccs2)cc1. The zero-order valence-electron chi connectivity index (χ0n) is 13.5. The maximum atomic E-state index is 13.0. The Morgan fingerprint density at radius 1 is 1.19 bits per heavy atom. The van der Waals surface area contributed by atoms with E-state index in [1.165, 1.54) is 21.8 Å². The third-order valence-corrected chi connectivity index (χ3v) is 7.24. The minimum atomic E-state index is -3.65. The van der Waals surface area contributed by atoms with E-state index in [2.05, 4.69) is 11.1 Å². The third kappa shape index (κ3) is 2.71. The van der Waals surface area contributed by atoms with Gasteiger partial charge in [0.1, 0.15) is 16.5 Å². The van der Waals surface area contributed by atoms with Crippen LogP contribution in [0.15, 0.2) is 58.4 Å². The zero-order valence-corrected chi connectivity index (χ0v) is 15.1. The van der Waals surface area contributed by atoms with Crippen LogP contribution < -0.4 is 9.04 Å². The van der Waals surface area contributed by atoms with Gasteiger partial charge in [0.15, 0.2) is 5.75 Å². The molecule has 0 radical (unpaired) electrons. The van der Waals surface area contributed by atoms with Crippen LogP contribution >= 0.6 is 11.3 Å². The highest BCUT2D eigenvalue weighted by molar-refractivity contribution is 7.94. The molecule has 130 valence electrons. The minimum absolute atomic E-state index is 0.228. The van der Waals surface area contributed by atoms with Crippen LogP contribution in [0, 0.1) is 11.3 Å². The Morgan fingerprint density at radius 3 is 2.69 bits per heavy atom. The van der Waals surface area contributed by atoms with E-state index >= 15 is 0 Å². The number of nitrogens with zero attached hydrogens (tertiary/aromatic N) is 3. The van der Waals surface area contributed by atoms with Crippen molar-refractivity contribution in [2.24, 2.45) is 0 Å². The smallest absolute Gasteiger partial charge is 0.274 e. The number of benzene rings is 1. The van der Waals surface area contributed by atoms with Gasteiger partial charge in [0.25, 0.3) is 10.0 Å². The van der Waals surface area contributed by atoms with E-state index < -0.39 is 10.0 Å². The number of hydrogen-bond donors (Lipinski definition) is 0. The Kier molecular flexibility index (Phi) is 4.11. The molecule has 0 atom stereocenters. The molecule has 1 aromatic carbocycles. The minimum Gasteiger partial charge on any atom is -0.489 e. The topological polar surface area (TPSA) is 83.3 Å². The van der Waals surface area contributed by atoms with Crippen LogP contribution in [0.5, 0.6) is 5.75 Å². The number of pyridine rings is 1. The van der Waals surface area contributed by atoms with Crippen LogP contribution in [0.3, 0.4) is 0 Å². The number of ether oxygens (including phenoxy) is 1. The number of anilines is 1. The highest BCUT2D eigenvalue weighted by atomic mass is 32.2. The van der Waals surface area contributed by atoms with Crippen LogP contribution in [-0.4, -0.2) is 26.6 Å². The first-order valence-electron chi connectivity index (χ1n) is 7.79. The number of fused-ring (bicyclic) bond motifs is 1. The Balaban J connectivity index is 1.82. The molecule has 0 aliphatic carbocycles. The Bertz CT molecular complexity index is 1090. The summed E-state index contributed by atoms with van der Waals surface area (Å²) >= 11 is 1.18. The van der Waals surface area contributed by atoms with E-state index in [0.717, 1.165) is 5.56 Å². The number of hydrogen-bond acceptors (Lipinski definition) is 6. The van der Waals surface area contributed by atoms with Crippen molar-refractivity contribution in [2.75, 3.05) is 17.5 Å². The third-order valence-electron chi connectivity index (χ3n) is 4.05. The molecule has 8 heteroatoms. The van der Waals surface area contributed by atoms with Gasteiger partial charge < -0.3 is 4.74 Å². The summed E-state index contributed by atoms with van der Waals surface area (Å²) in [5, 5.41) is 10.7.